The van der Waals surface area contributed by atoms with Crippen molar-refractivity contribution in [2.75, 3.05) is 15.8 Å². The van der Waals surface area contributed by atoms with Gasteiger partial charge in [0.1, 0.15) is 5.69 Å². The van der Waals surface area contributed by atoms with Gasteiger partial charge in [0.15, 0.2) is 0 Å². The monoisotopic (exact) mass is 357 g/mol. The summed E-state index contributed by atoms with van der Waals surface area (Å²) in [7, 11) is -3.33. The van der Waals surface area contributed by atoms with Gasteiger partial charge in [-0.3, -0.25) is 9.52 Å². The van der Waals surface area contributed by atoms with E-state index in [-0.39, 0.29) is 11.7 Å². The number of fused-ring (bicyclic) bond motifs is 1. The molecule has 2 aromatic carbocycles. The number of carbonyl (C=O) groups is 1. The molecule has 0 unspecified atom stereocenters. The number of para-hydroxylation sites is 1. The molecule has 0 fully saturated rings. The van der Waals surface area contributed by atoms with Gasteiger partial charge >= 0.3 is 0 Å². The molecule has 3 rings (SSSR count). The summed E-state index contributed by atoms with van der Waals surface area (Å²) >= 11 is 0. The van der Waals surface area contributed by atoms with Crippen LogP contribution in [0, 0.1) is 6.92 Å². The van der Waals surface area contributed by atoms with Crippen molar-refractivity contribution >= 4 is 38.2 Å². The standard InChI is InChI=1S/C18H19N3O3S/c1-3-25(23,24)21-15-9-8-14(10-12(15)2)19-18(22)17-11-13-6-4-5-7-16(13)20-17/h4-11,20-21H,3H2,1-2H3,(H,19,22). The molecule has 6 nitrogen and oxygen atoms in total. The molecule has 0 aliphatic heterocycles. The molecule has 0 atom stereocenters. The maximum atomic E-state index is 12.4. The van der Waals surface area contributed by atoms with Crippen LogP contribution in [0.15, 0.2) is 48.5 Å². The molecular formula is C18H19N3O3S. The van der Waals surface area contributed by atoms with Crippen molar-refractivity contribution in [3.8, 4) is 0 Å². The van der Waals surface area contributed by atoms with Gasteiger partial charge in [-0.05, 0) is 49.7 Å². The highest BCUT2D eigenvalue weighted by molar-refractivity contribution is 7.92. The number of aromatic nitrogens is 1. The lowest BCUT2D eigenvalue weighted by atomic mass is 10.2. The number of carbonyl (C=O) groups excluding carboxylic acids is 1. The average Bonchev–Trinajstić information content (AvgIpc) is 3.01. The van der Waals surface area contributed by atoms with E-state index in [1.165, 1.54) is 0 Å². The van der Waals surface area contributed by atoms with Crippen LogP contribution < -0.4 is 10.0 Å². The summed E-state index contributed by atoms with van der Waals surface area (Å²) in [5.74, 6) is -0.247. The lowest BCUT2D eigenvalue weighted by Crippen LogP contribution is -2.16. The molecule has 0 aliphatic carbocycles. The zero-order valence-corrected chi connectivity index (χ0v) is 14.8. The van der Waals surface area contributed by atoms with Crippen molar-refractivity contribution in [1.82, 2.24) is 4.98 Å². The molecule has 1 heterocycles. The smallest absolute Gasteiger partial charge is 0.272 e. The van der Waals surface area contributed by atoms with Crippen molar-refractivity contribution in [2.24, 2.45) is 0 Å². The highest BCUT2D eigenvalue weighted by Crippen LogP contribution is 2.22. The van der Waals surface area contributed by atoms with E-state index in [4.69, 9.17) is 0 Å². The van der Waals surface area contributed by atoms with Gasteiger partial charge in [-0.1, -0.05) is 18.2 Å². The van der Waals surface area contributed by atoms with Gasteiger partial charge in [0.25, 0.3) is 5.91 Å². The molecule has 0 saturated carbocycles. The lowest BCUT2D eigenvalue weighted by Gasteiger charge is -2.11. The molecule has 7 heteroatoms. The molecule has 0 bridgehead atoms. The number of nitrogens with one attached hydrogen (secondary N) is 3. The van der Waals surface area contributed by atoms with E-state index in [9.17, 15) is 13.2 Å². The van der Waals surface area contributed by atoms with Gasteiger partial charge in [0.2, 0.25) is 10.0 Å². The number of aromatic amines is 1. The number of benzene rings is 2. The minimum atomic E-state index is -3.33. The van der Waals surface area contributed by atoms with Crippen molar-refractivity contribution in [3.05, 3.63) is 59.8 Å². The Kier molecular flexibility index (Phi) is 4.50. The Bertz CT molecular complexity index is 1010. The number of hydrogen-bond donors (Lipinski definition) is 3. The predicted molar refractivity (Wildman–Crippen MR) is 101 cm³/mol. The van der Waals surface area contributed by atoms with Gasteiger partial charge in [0.05, 0.1) is 11.4 Å². The quantitative estimate of drug-likeness (QED) is 0.653. The van der Waals surface area contributed by atoms with Crippen molar-refractivity contribution in [1.29, 1.82) is 0 Å². The Hall–Kier alpha value is -2.80. The summed E-state index contributed by atoms with van der Waals surface area (Å²) in [6.45, 7) is 3.36. The largest absolute Gasteiger partial charge is 0.351 e. The second-order valence-electron chi connectivity index (χ2n) is 5.76. The molecule has 0 aliphatic rings. The molecular weight excluding hydrogens is 338 g/mol. The third-order valence-corrected chi connectivity index (χ3v) is 5.20. The minimum absolute atomic E-state index is 0.00527. The van der Waals surface area contributed by atoms with Crippen LogP contribution in [0.1, 0.15) is 23.0 Å². The van der Waals surface area contributed by atoms with Crippen molar-refractivity contribution < 1.29 is 13.2 Å². The third-order valence-electron chi connectivity index (χ3n) is 3.90. The van der Waals surface area contributed by atoms with E-state index in [0.717, 1.165) is 16.5 Å². The van der Waals surface area contributed by atoms with Crippen molar-refractivity contribution in [3.63, 3.8) is 0 Å². The normalized spacial score (nSPS) is 11.4. The molecule has 130 valence electrons. The first-order valence-electron chi connectivity index (χ1n) is 7.88. The summed E-state index contributed by atoms with van der Waals surface area (Å²) in [4.78, 5) is 15.5. The van der Waals surface area contributed by atoms with Crippen molar-refractivity contribution in [2.45, 2.75) is 13.8 Å². The van der Waals surface area contributed by atoms with Crippen LogP contribution in [-0.4, -0.2) is 25.1 Å². The van der Waals surface area contributed by atoms with Gasteiger partial charge in [-0.2, -0.15) is 0 Å². The van der Waals surface area contributed by atoms with E-state index in [1.54, 1.807) is 38.1 Å². The predicted octanol–water partition coefficient (Wildman–Crippen LogP) is 3.49. The Morgan fingerprint density at radius 1 is 1.12 bits per heavy atom. The second kappa shape index (κ2) is 6.60. The van der Waals surface area contributed by atoms with Gasteiger partial charge in [-0.25, -0.2) is 8.42 Å². The van der Waals surface area contributed by atoms with Crippen LogP contribution in [0.4, 0.5) is 11.4 Å². The molecule has 0 saturated heterocycles. The van der Waals surface area contributed by atoms with Crippen LogP contribution in [0.5, 0.6) is 0 Å². The number of aryl methyl sites for hydroxylation is 1. The molecule has 0 spiro atoms. The summed E-state index contributed by atoms with van der Waals surface area (Å²) in [5.41, 5.74) is 3.19. The first-order valence-corrected chi connectivity index (χ1v) is 9.53. The van der Waals surface area contributed by atoms with Gasteiger partial charge in [0, 0.05) is 16.6 Å². The van der Waals surface area contributed by atoms with E-state index < -0.39 is 10.0 Å². The van der Waals surface area contributed by atoms with E-state index in [0.29, 0.717) is 17.1 Å². The number of hydrogen-bond acceptors (Lipinski definition) is 3. The maximum absolute atomic E-state index is 12.4. The van der Waals surface area contributed by atoms with E-state index >= 15 is 0 Å². The van der Waals surface area contributed by atoms with Gasteiger partial charge in [-0.15, -0.1) is 0 Å². The Balaban J connectivity index is 1.78. The Morgan fingerprint density at radius 2 is 1.88 bits per heavy atom. The fourth-order valence-corrected chi connectivity index (χ4v) is 3.20. The summed E-state index contributed by atoms with van der Waals surface area (Å²) < 4.78 is 25.9. The van der Waals surface area contributed by atoms with E-state index in [2.05, 4.69) is 15.0 Å². The first kappa shape index (κ1) is 17.0. The highest BCUT2D eigenvalue weighted by atomic mass is 32.2. The van der Waals surface area contributed by atoms with Crippen LogP contribution >= 0.6 is 0 Å². The third kappa shape index (κ3) is 3.83. The Morgan fingerprint density at radius 3 is 2.56 bits per heavy atom. The number of amides is 1. The van der Waals surface area contributed by atoms with Crippen LogP contribution in [0.3, 0.4) is 0 Å². The molecule has 3 N–H and O–H groups in total. The zero-order chi connectivity index (χ0) is 18.0. The molecule has 25 heavy (non-hydrogen) atoms. The number of H-pyrrole nitrogens is 1. The topological polar surface area (TPSA) is 91.1 Å². The number of rotatable bonds is 5. The highest BCUT2D eigenvalue weighted by Gasteiger charge is 2.12. The Labute approximate surface area is 146 Å². The summed E-state index contributed by atoms with van der Waals surface area (Å²) in [5, 5.41) is 3.78. The van der Waals surface area contributed by atoms with Crippen LogP contribution in [0.2, 0.25) is 0 Å². The fraction of sp³-hybridized carbons (Fsp3) is 0.167. The maximum Gasteiger partial charge on any atom is 0.272 e. The van der Waals surface area contributed by atoms with Crippen LogP contribution in [-0.2, 0) is 10.0 Å². The summed E-state index contributed by atoms with van der Waals surface area (Å²) in [6, 6.07) is 14.5. The number of anilines is 2. The van der Waals surface area contributed by atoms with E-state index in [1.807, 2.05) is 24.3 Å². The number of sulfonamides is 1. The minimum Gasteiger partial charge on any atom is -0.351 e. The molecule has 0 radical (unpaired) electrons. The molecule has 1 aromatic heterocycles. The fourth-order valence-electron chi connectivity index (χ4n) is 2.49. The zero-order valence-electron chi connectivity index (χ0n) is 14.0. The molecule has 1 amide bonds. The summed E-state index contributed by atoms with van der Waals surface area (Å²) in [6.07, 6.45) is 0. The van der Waals surface area contributed by atoms with Gasteiger partial charge < -0.3 is 10.3 Å². The average molecular weight is 357 g/mol. The second-order valence-corrected chi connectivity index (χ2v) is 7.77. The SMILES string of the molecule is CCS(=O)(=O)Nc1ccc(NC(=O)c2cc3ccccc3[nH]2)cc1C. The van der Waals surface area contributed by atoms with Crippen LogP contribution in [0.25, 0.3) is 10.9 Å². The first-order chi connectivity index (χ1) is 11.9. The lowest BCUT2D eigenvalue weighted by molar-refractivity contribution is 0.102. The molecule has 3 aromatic rings.